The zero-order valence-electron chi connectivity index (χ0n) is 14.0. The van der Waals surface area contributed by atoms with E-state index in [2.05, 4.69) is 11.6 Å². The fraction of sp³-hybridized carbons (Fsp3) is 0.625. The average molecular weight is 342 g/mol. The molecule has 1 aliphatic rings. The number of amides is 1. The minimum atomic E-state index is -1.65. The predicted molar refractivity (Wildman–Crippen MR) is 88.0 cm³/mol. The van der Waals surface area contributed by atoms with Crippen LogP contribution in [0.5, 0.6) is 0 Å². The second-order valence-electron chi connectivity index (χ2n) is 6.50. The molecule has 7 heteroatoms. The van der Waals surface area contributed by atoms with Crippen molar-refractivity contribution in [3.63, 3.8) is 0 Å². The van der Waals surface area contributed by atoms with E-state index >= 15 is 4.39 Å². The van der Waals surface area contributed by atoms with E-state index in [1.807, 2.05) is 6.92 Å². The smallest absolute Gasteiger partial charge is 0.410 e. The van der Waals surface area contributed by atoms with Crippen LogP contribution in [0, 0.1) is 0 Å². The summed E-state index contributed by atoms with van der Waals surface area (Å²) in [5.41, 5.74) is -2.24. The lowest BCUT2D eigenvalue weighted by Gasteiger charge is -2.25. The summed E-state index contributed by atoms with van der Waals surface area (Å²) in [6, 6.07) is 0. The van der Waals surface area contributed by atoms with Gasteiger partial charge in [-0.3, -0.25) is 0 Å². The summed E-state index contributed by atoms with van der Waals surface area (Å²) in [7, 11) is 0. The van der Waals surface area contributed by atoms with Gasteiger partial charge < -0.3 is 14.4 Å². The van der Waals surface area contributed by atoms with Gasteiger partial charge in [0, 0.05) is 19.2 Å². The molecule has 0 radical (unpaired) electrons. The Morgan fingerprint density at radius 1 is 1.57 bits per heavy atom. The largest absolute Gasteiger partial charge is 0.493 e. The fourth-order valence-electron chi connectivity index (χ4n) is 2.29. The lowest BCUT2D eigenvalue weighted by Crippen LogP contribution is -2.37. The summed E-state index contributed by atoms with van der Waals surface area (Å²) >= 11 is 1.21. The molecule has 1 amide bonds. The maximum atomic E-state index is 15.2. The Morgan fingerprint density at radius 3 is 2.87 bits per heavy atom. The monoisotopic (exact) mass is 342 g/mol. The van der Waals surface area contributed by atoms with Crippen molar-refractivity contribution in [1.82, 2.24) is 9.88 Å². The first-order valence-corrected chi connectivity index (χ1v) is 8.41. The van der Waals surface area contributed by atoms with Crippen LogP contribution in [-0.4, -0.2) is 41.3 Å². The average Bonchev–Trinajstić information content (AvgIpc) is 3.04. The second kappa shape index (κ2) is 6.47. The van der Waals surface area contributed by atoms with Crippen molar-refractivity contribution in [1.29, 1.82) is 0 Å². The number of alkyl halides is 1. The van der Waals surface area contributed by atoms with Gasteiger partial charge in [-0.1, -0.05) is 6.58 Å². The van der Waals surface area contributed by atoms with Gasteiger partial charge in [0.1, 0.15) is 16.4 Å². The van der Waals surface area contributed by atoms with Gasteiger partial charge >= 0.3 is 6.09 Å². The number of hydrogen-bond acceptors (Lipinski definition) is 5. The lowest BCUT2D eigenvalue weighted by atomic mass is 10.1. The number of carbonyl (C=O) groups excluding carboxylic acids is 1. The highest BCUT2D eigenvalue weighted by molar-refractivity contribution is 7.12. The van der Waals surface area contributed by atoms with E-state index in [1.165, 1.54) is 16.2 Å². The zero-order chi connectivity index (χ0) is 17.3. The van der Waals surface area contributed by atoms with E-state index in [0.29, 0.717) is 28.8 Å². The molecule has 0 spiro atoms. The molecule has 0 aliphatic carbocycles. The molecule has 0 bridgehead atoms. The van der Waals surface area contributed by atoms with Crippen LogP contribution in [0.2, 0.25) is 0 Å². The molecule has 1 aromatic heterocycles. The number of ether oxygens (including phenoxy) is 2. The third kappa shape index (κ3) is 4.22. The Balaban J connectivity index is 2.06. The molecule has 0 saturated carbocycles. The van der Waals surface area contributed by atoms with Crippen LogP contribution in [0.1, 0.15) is 44.0 Å². The van der Waals surface area contributed by atoms with Gasteiger partial charge in [0.15, 0.2) is 5.67 Å². The summed E-state index contributed by atoms with van der Waals surface area (Å²) in [5, 5.41) is 0.347. The number of nitrogens with zero attached hydrogens (tertiary/aromatic N) is 2. The van der Waals surface area contributed by atoms with Crippen molar-refractivity contribution in [3.05, 3.63) is 22.7 Å². The number of thiazole rings is 1. The standard InChI is InChI=1S/C16H23FN2O3S/c1-6-21-11(2)12-9-18-13(23-12)16(17)7-8-19(10-16)14(20)22-15(3,4)5/h9H,2,6-8,10H2,1,3-5H3. The molecule has 1 fully saturated rings. The van der Waals surface area contributed by atoms with Crippen LogP contribution in [0.4, 0.5) is 9.18 Å². The van der Waals surface area contributed by atoms with E-state index in [0.717, 1.165) is 0 Å². The lowest BCUT2D eigenvalue weighted by molar-refractivity contribution is 0.0257. The van der Waals surface area contributed by atoms with Gasteiger partial charge in [0.2, 0.25) is 0 Å². The first-order valence-electron chi connectivity index (χ1n) is 7.60. The zero-order valence-corrected chi connectivity index (χ0v) is 14.8. The SMILES string of the molecule is C=C(OCC)c1cnc(C2(F)CCN(C(=O)OC(C)(C)C)C2)s1. The molecule has 0 N–H and O–H groups in total. The highest BCUT2D eigenvalue weighted by Crippen LogP contribution is 2.39. The number of likely N-dealkylation sites (tertiary alicyclic amines) is 1. The van der Waals surface area contributed by atoms with Crippen molar-refractivity contribution in [3.8, 4) is 0 Å². The van der Waals surface area contributed by atoms with Crippen LogP contribution in [0.3, 0.4) is 0 Å². The molecular formula is C16H23FN2O3S. The van der Waals surface area contributed by atoms with Crippen molar-refractivity contribution >= 4 is 23.2 Å². The fourth-order valence-corrected chi connectivity index (χ4v) is 3.23. The Kier molecular flexibility index (Phi) is 4.98. The number of aromatic nitrogens is 1. The number of carbonyl (C=O) groups is 1. The summed E-state index contributed by atoms with van der Waals surface area (Å²) in [4.78, 5) is 18.3. The molecule has 128 valence electrons. The minimum absolute atomic E-state index is 0.0457. The number of rotatable bonds is 4. The van der Waals surface area contributed by atoms with Gasteiger partial charge in [-0.15, -0.1) is 11.3 Å². The third-order valence-corrected chi connectivity index (χ3v) is 4.57. The van der Waals surface area contributed by atoms with Crippen molar-refractivity contribution in [2.75, 3.05) is 19.7 Å². The van der Waals surface area contributed by atoms with E-state index in [-0.39, 0.29) is 13.0 Å². The molecule has 23 heavy (non-hydrogen) atoms. The highest BCUT2D eigenvalue weighted by atomic mass is 32.1. The molecule has 1 unspecified atom stereocenters. The molecule has 1 aromatic rings. The second-order valence-corrected chi connectivity index (χ2v) is 7.53. The minimum Gasteiger partial charge on any atom is -0.493 e. The van der Waals surface area contributed by atoms with Crippen LogP contribution >= 0.6 is 11.3 Å². The maximum Gasteiger partial charge on any atom is 0.410 e. The molecule has 1 aliphatic heterocycles. The van der Waals surface area contributed by atoms with E-state index in [1.54, 1.807) is 27.0 Å². The van der Waals surface area contributed by atoms with E-state index in [9.17, 15) is 4.79 Å². The van der Waals surface area contributed by atoms with Gasteiger partial charge in [0.05, 0.1) is 18.0 Å². The van der Waals surface area contributed by atoms with Gasteiger partial charge in [-0.05, 0) is 27.7 Å². The maximum absolute atomic E-state index is 15.2. The Labute approximate surface area is 140 Å². The Bertz CT molecular complexity index is 596. The summed E-state index contributed by atoms with van der Waals surface area (Å²) in [6.07, 6.45) is 1.28. The summed E-state index contributed by atoms with van der Waals surface area (Å²) in [5.74, 6) is 0.488. The number of halogens is 1. The van der Waals surface area contributed by atoms with Crippen LogP contribution in [-0.2, 0) is 15.1 Å². The third-order valence-electron chi connectivity index (χ3n) is 3.35. The normalized spacial score (nSPS) is 21.3. The van der Waals surface area contributed by atoms with Crippen LogP contribution in [0.25, 0.3) is 5.76 Å². The molecule has 5 nitrogen and oxygen atoms in total. The van der Waals surface area contributed by atoms with Crippen molar-refractivity contribution in [2.24, 2.45) is 0 Å². The highest BCUT2D eigenvalue weighted by Gasteiger charge is 2.45. The molecule has 1 saturated heterocycles. The van der Waals surface area contributed by atoms with Gasteiger partial charge in [0.25, 0.3) is 0 Å². The molecule has 2 rings (SSSR count). The molecule has 2 heterocycles. The first kappa shape index (κ1) is 17.7. The summed E-state index contributed by atoms with van der Waals surface area (Å²) in [6.45, 7) is 11.8. The Hall–Kier alpha value is -1.63. The number of hydrogen-bond donors (Lipinski definition) is 0. The van der Waals surface area contributed by atoms with Crippen molar-refractivity contribution < 1.29 is 18.7 Å². The quantitative estimate of drug-likeness (QED) is 0.777. The van der Waals surface area contributed by atoms with Crippen LogP contribution < -0.4 is 0 Å². The molecular weight excluding hydrogens is 319 g/mol. The van der Waals surface area contributed by atoms with E-state index in [4.69, 9.17) is 9.47 Å². The predicted octanol–water partition coefficient (Wildman–Crippen LogP) is 3.96. The summed E-state index contributed by atoms with van der Waals surface area (Å²) < 4.78 is 25.8. The van der Waals surface area contributed by atoms with Crippen molar-refractivity contribution in [2.45, 2.75) is 45.4 Å². The molecule has 1 atom stereocenters. The van der Waals surface area contributed by atoms with E-state index < -0.39 is 17.4 Å². The Morgan fingerprint density at radius 2 is 2.26 bits per heavy atom. The van der Waals surface area contributed by atoms with Crippen LogP contribution in [0.15, 0.2) is 12.8 Å². The van der Waals surface area contributed by atoms with Gasteiger partial charge in [-0.25, -0.2) is 14.2 Å². The topological polar surface area (TPSA) is 51.7 Å². The first-order chi connectivity index (χ1) is 10.6. The van der Waals surface area contributed by atoms with Gasteiger partial charge in [-0.2, -0.15) is 0 Å². The molecule has 0 aromatic carbocycles.